The summed E-state index contributed by atoms with van der Waals surface area (Å²) in [6.07, 6.45) is 0.791. The molecule has 1 atom stereocenters. The van der Waals surface area contributed by atoms with Crippen molar-refractivity contribution in [1.82, 2.24) is 5.32 Å². The van der Waals surface area contributed by atoms with E-state index in [0.29, 0.717) is 17.2 Å². The Kier molecular flexibility index (Phi) is 9.04. The number of carbonyl (C=O) groups excluding carboxylic acids is 1. The van der Waals surface area contributed by atoms with Crippen LogP contribution in [0.1, 0.15) is 47.8 Å². The van der Waals surface area contributed by atoms with Crippen molar-refractivity contribution < 1.29 is 17.9 Å². The van der Waals surface area contributed by atoms with E-state index < -0.39 is 10.0 Å². The third kappa shape index (κ3) is 7.06. The quantitative estimate of drug-likeness (QED) is 0.231. The Morgan fingerprint density at radius 1 is 0.821 bits per heavy atom. The molecule has 0 aliphatic carbocycles. The molecule has 4 aromatic rings. The highest BCUT2D eigenvalue weighted by Gasteiger charge is 2.25. The first-order chi connectivity index (χ1) is 18.8. The molecule has 202 valence electrons. The number of anilines is 1. The van der Waals surface area contributed by atoms with Crippen LogP contribution in [-0.2, 0) is 16.6 Å². The van der Waals surface area contributed by atoms with E-state index in [2.05, 4.69) is 19.2 Å². The summed E-state index contributed by atoms with van der Waals surface area (Å²) in [5, 5.41) is 3.16. The number of nitrogens with one attached hydrogen (secondary N) is 1. The summed E-state index contributed by atoms with van der Waals surface area (Å²) in [5.41, 5.74) is 2.86. The van der Waals surface area contributed by atoms with Crippen LogP contribution in [-0.4, -0.2) is 21.4 Å². The van der Waals surface area contributed by atoms with E-state index in [1.54, 1.807) is 73.8 Å². The van der Waals surface area contributed by atoms with Gasteiger partial charge in [-0.05, 0) is 72.0 Å². The Morgan fingerprint density at radius 3 is 1.97 bits per heavy atom. The molecule has 0 fully saturated rings. The number of para-hydroxylation sites is 1. The molecule has 4 aromatic carbocycles. The number of nitrogens with zero attached hydrogens (tertiary/aromatic N) is 1. The average molecular weight is 543 g/mol. The first-order valence-electron chi connectivity index (χ1n) is 12.9. The van der Waals surface area contributed by atoms with Crippen molar-refractivity contribution in [1.29, 1.82) is 0 Å². The predicted octanol–water partition coefficient (Wildman–Crippen LogP) is 6.61. The van der Waals surface area contributed by atoms with E-state index in [1.165, 1.54) is 4.31 Å². The van der Waals surface area contributed by atoms with Gasteiger partial charge in [0.25, 0.3) is 15.9 Å². The number of sulfonamides is 1. The monoisotopic (exact) mass is 542 g/mol. The molecule has 1 N–H and O–H groups in total. The Balaban J connectivity index is 1.54. The first kappa shape index (κ1) is 27.9. The van der Waals surface area contributed by atoms with Crippen LogP contribution < -0.4 is 14.4 Å². The maximum absolute atomic E-state index is 13.6. The Hall–Kier alpha value is -4.10. The minimum absolute atomic E-state index is 0.130. The van der Waals surface area contributed by atoms with Crippen molar-refractivity contribution in [2.75, 3.05) is 11.4 Å². The highest BCUT2D eigenvalue weighted by atomic mass is 32.2. The number of carbonyl (C=O) groups is 1. The second kappa shape index (κ2) is 12.6. The van der Waals surface area contributed by atoms with Gasteiger partial charge in [0.1, 0.15) is 5.75 Å². The molecule has 1 unspecified atom stereocenters. The molecule has 6 nitrogen and oxygen atoms in total. The Morgan fingerprint density at radius 2 is 1.41 bits per heavy atom. The van der Waals surface area contributed by atoms with E-state index in [4.69, 9.17) is 4.74 Å². The van der Waals surface area contributed by atoms with Gasteiger partial charge in [-0.3, -0.25) is 9.10 Å². The van der Waals surface area contributed by atoms with Gasteiger partial charge in [-0.2, -0.15) is 0 Å². The lowest BCUT2D eigenvalue weighted by Gasteiger charge is -2.25. The Labute approximate surface area is 231 Å². The second-order valence-corrected chi connectivity index (χ2v) is 11.6. The van der Waals surface area contributed by atoms with Crippen molar-refractivity contribution in [3.8, 4) is 5.75 Å². The van der Waals surface area contributed by atoms with E-state index >= 15 is 0 Å². The fourth-order valence-corrected chi connectivity index (χ4v) is 5.86. The summed E-state index contributed by atoms with van der Waals surface area (Å²) in [5.74, 6) is 0.970. The van der Waals surface area contributed by atoms with Crippen molar-refractivity contribution in [3.63, 3.8) is 0 Å². The molecular weight excluding hydrogens is 508 g/mol. The fourth-order valence-electron chi connectivity index (χ4n) is 4.38. The minimum Gasteiger partial charge on any atom is -0.497 e. The zero-order valence-electron chi connectivity index (χ0n) is 22.4. The first-order valence-corrected chi connectivity index (χ1v) is 14.4. The molecule has 0 aliphatic rings. The van der Waals surface area contributed by atoms with E-state index in [1.807, 2.05) is 42.5 Å². The zero-order valence-corrected chi connectivity index (χ0v) is 23.3. The summed E-state index contributed by atoms with van der Waals surface area (Å²) in [4.78, 5) is 13.4. The lowest BCUT2D eigenvalue weighted by atomic mass is 9.96. The van der Waals surface area contributed by atoms with Crippen LogP contribution in [0.5, 0.6) is 5.75 Å². The molecule has 0 aromatic heterocycles. The summed E-state index contributed by atoms with van der Waals surface area (Å²) < 4.78 is 33.8. The molecule has 0 heterocycles. The maximum Gasteiger partial charge on any atom is 0.264 e. The molecule has 0 radical (unpaired) electrons. The molecule has 0 saturated heterocycles. The van der Waals surface area contributed by atoms with Crippen molar-refractivity contribution in [2.24, 2.45) is 5.92 Å². The number of amides is 1. The van der Waals surface area contributed by atoms with Crippen LogP contribution >= 0.6 is 0 Å². The molecule has 4 rings (SSSR count). The van der Waals surface area contributed by atoms with Gasteiger partial charge >= 0.3 is 0 Å². The fraction of sp³-hybridized carbons (Fsp3) is 0.219. The molecule has 0 spiro atoms. The van der Waals surface area contributed by atoms with Crippen LogP contribution in [0.4, 0.5) is 5.69 Å². The standard InChI is InChI=1S/C32H34N2O4S/c1-24(2)22-31(26-18-20-29(38-3)21-19-26)33-32(35)27-16-14-25(15-17-27)23-34(28-10-6-4-7-11-28)39(36,37)30-12-8-5-9-13-30/h4-21,24,31H,22-23H2,1-3H3,(H,33,35). The number of methoxy groups -OCH3 is 1. The molecule has 0 bridgehead atoms. The highest BCUT2D eigenvalue weighted by molar-refractivity contribution is 7.92. The van der Waals surface area contributed by atoms with Gasteiger partial charge in [0.15, 0.2) is 0 Å². The maximum atomic E-state index is 13.6. The van der Waals surface area contributed by atoms with Crippen molar-refractivity contribution in [2.45, 2.75) is 37.8 Å². The van der Waals surface area contributed by atoms with Gasteiger partial charge in [-0.25, -0.2) is 8.42 Å². The van der Waals surface area contributed by atoms with E-state index in [-0.39, 0.29) is 23.4 Å². The largest absolute Gasteiger partial charge is 0.497 e. The van der Waals surface area contributed by atoms with Gasteiger partial charge in [-0.15, -0.1) is 0 Å². The number of benzene rings is 4. The molecule has 1 amide bonds. The lowest BCUT2D eigenvalue weighted by Crippen LogP contribution is -2.31. The number of rotatable bonds is 11. The van der Waals surface area contributed by atoms with Gasteiger partial charge < -0.3 is 10.1 Å². The van der Waals surface area contributed by atoms with E-state index in [9.17, 15) is 13.2 Å². The predicted molar refractivity (Wildman–Crippen MR) is 155 cm³/mol. The van der Waals surface area contributed by atoms with Crippen LogP contribution in [0.25, 0.3) is 0 Å². The van der Waals surface area contributed by atoms with Gasteiger partial charge in [-0.1, -0.05) is 74.5 Å². The second-order valence-electron chi connectivity index (χ2n) is 9.79. The summed E-state index contributed by atoms with van der Waals surface area (Å²) in [6.45, 7) is 4.38. The van der Waals surface area contributed by atoms with Crippen LogP contribution in [0.15, 0.2) is 114 Å². The third-order valence-corrected chi connectivity index (χ3v) is 8.24. The number of ether oxygens (including phenoxy) is 1. The van der Waals surface area contributed by atoms with Crippen molar-refractivity contribution in [3.05, 3.63) is 126 Å². The zero-order chi connectivity index (χ0) is 27.8. The summed E-state index contributed by atoms with van der Waals surface area (Å²) in [6, 6.07) is 32.1. The lowest BCUT2D eigenvalue weighted by molar-refractivity contribution is 0.0932. The average Bonchev–Trinajstić information content (AvgIpc) is 2.96. The molecule has 7 heteroatoms. The minimum atomic E-state index is -3.80. The van der Waals surface area contributed by atoms with E-state index in [0.717, 1.165) is 23.3 Å². The van der Waals surface area contributed by atoms with Crippen LogP contribution in [0, 0.1) is 5.92 Å². The molecule has 39 heavy (non-hydrogen) atoms. The van der Waals surface area contributed by atoms with Crippen molar-refractivity contribution >= 4 is 21.6 Å². The van der Waals surface area contributed by atoms with Crippen LogP contribution in [0.3, 0.4) is 0 Å². The summed E-state index contributed by atoms with van der Waals surface area (Å²) >= 11 is 0. The van der Waals surface area contributed by atoms with Gasteiger partial charge in [0.2, 0.25) is 0 Å². The van der Waals surface area contributed by atoms with Gasteiger partial charge in [0.05, 0.1) is 30.3 Å². The van der Waals surface area contributed by atoms with Crippen LogP contribution in [0.2, 0.25) is 0 Å². The molecule has 0 saturated carbocycles. The highest BCUT2D eigenvalue weighted by Crippen LogP contribution is 2.27. The Bertz CT molecular complexity index is 1450. The smallest absolute Gasteiger partial charge is 0.264 e. The normalized spacial score (nSPS) is 12.1. The van der Waals surface area contributed by atoms with Gasteiger partial charge in [0, 0.05) is 5.56 Å². The topological polar surface area (TPSA) is 75.7 Å². The number of hydrogen-bond donors (Lipinski definition) is 1. The summed E-state index contributed by atoms with van der Waals surface area (Å²) in [7, 11) is -2.17. The molecule has 0 aliphatic heterocycles. The third-order valence-electron chi connectivity index (χ3n) is 6.45. The molecular formula is C32H34N2O4S. The number of hydrogen-bond acceptors (Lipinski definition) is 4. The SMILES string of the molecule is COc1ccc(C(CC(C)C)NC(=O)c2ccc(CN(c3ccccc3)S(=O)(=O)c3ccccc3)cc2)cc1.